The van der Waals surface area contributed by atoms with E-state index < -0.39 is 28.3 Å². The van der Waals surface area contributed by atoms with Crippen LogP contribution in [0.1, 0.15) is 19.8 Å². The lowest BCUT2D eigenvalue weighted by atomic mass is 10.0. The molecule has 0 aromatic heterocycles. The Morgan fingerprint density at radius 3 is 2.84 bits per heavy atom. The molecular weight excluding hydrogens is 253 g/mol. The van der Waals surface area contributed by atoms with Crippen molar-refractivity contribution in [2.24, 2.45) is 5.92 Å². The predicted molar refractivity (Wildman–Crippen MR) is 65.7 cm³/mol. The molecule has 0 aliphatic heterocycles. The van der Waals surface area contributed by atoms with Crippen LogP contribution in [0.15, 0.2) is 18.2 Å². The van der Waals surface area contributed by atoms with Gasteiger partial charge in [0.15, 0.2) is 0 Å². The molecule has 7 heteroatoms. The van der Waals surface area contributed by atoms with Crippen LogP contribution < -0.4 is 5.32 Å². The van der Waals surface area contributed by atoms with Crippen LogP contribution in [0.5, 0.6) is 0 Å². The largest absolute Gasteiger partial charge is 0.325 e. The number of rotatable bonds is 5. The molecule has 1 aromatic rings. The van der Waals surface area contributed by atoms with Crippen LogP contribution in [0.4, 0.5) is 15.8 Å². The first kappa shape index (κ1) is 14.6. The van der Waals surface area contributed by atoms with Gasteiger partial charge >= 0.3 is 5.69 Å². The van der Waals surface area contributed by atoms with Crippen molar-refractivity contribution in [2.75, 3.05) is 5.32 Å². The number of nitrogens with zero attached hydrogens (tertiary/aromatic N) is 2. The highest BCUT2D eigenvalue weighted by molar-refractivity contribution is 5.94. The summed E-state index contributed by atoms with van der Waals surface area (Å²) in [5.41, 5.74) is -0.628. The molecule has 1 unspecified atom stereocenters. The van der Waals surface area contributed by atoms with Gasteiger partial charge in [-0.25, -0.2) is 0 Å². The molecule has 0 spiro atoms. The molecule has 1 rings (SSSR count). The maximum atomic E-state index is 13.1. The summed E-state index contributed by atoms with van der Waals surface area (Å²) >= 11 is 0. The van der Waals surface area contributed by atoms with Crippen molar-refractivity contribution in [2.45, 2.75) is 19.8 Å². The highest BCUT2D eigenvalue weighted by atomic mass is 19.1. The van der Waals surface area contributed by atoms with Crippen molar-refractivity contribution in [1.29, 1.82) is 5.26 Å². The number of anilines is 1. The summed E-state index contributed by atoms with van der Waals surface area (Å²) in [5.74, 6) is -2.35. The van der Waals surface area contributed by atoms with Crippen LogP contribution in [-0.2, 0) is 4.79 Å². The van der Waals surface area contributed by atoms with Crippen molar-refractivity contribution >= 4 is 17.3 Å². The van der Waals surface area contributed by atoms with Gasteiger partial charge in [-0.3, -0.25) is 14.9 Å². The lowest BCUT2D eigenvalue weighted by molar-refractivity contribution is -0.387. The molecule has 0 saturated heterocycles. The summed E-state index contributed by atoms with van der Waals surface area (Å²) in [6.45, 7) is 1.83. The van der Waals surface area contributed by atoms with E-state index in [9.17, 15) is 19.3 Å². The fourth-order valence-electron chi connectivity index (χ4n) is 1.50. The van der Waals surface area contributed by atoms with Gasteiger partial charge < -0.3 is 5.32 Å². The monoisotopic (exact) mass is 265 g/mol. The van der Waals surface area contributed by atoms with Gasteiger partial charge in [0.1, 0.15) is 5.92 Å². The Balaban J connectivity index is 2.89. The normalized spacial score (nSPS) is 11.4. The second kappa shape index (κ2) is 6.44. The highest BCUT2D eigenvalue weighted by Crippen LogP contribution is 2.22. The summed E-state index contributed by atoms with van der Waals surface area (Å²) < 4.78 is 13.1. The van der Waals surface area contributed by atoms with E-state index in [0.29, 0.717) is 12.8 Å². The minimum atomic E-state index is -0.978. The van der Waals surface area contributed by atoms with Crippen molar-refractivity contribution in [3.05, 3.63) is 34.1 Å². The van der Waals surface area contributed by atoms with Crippen LogP contribution in [0.2, 0.25) is 0 Å². The lowest BCUT2D eigenvalue weighted by Crippen LogP contribution is -2.21. The molecule has 100 valence electrons. The van der Waals surface area contributed by atoms with E-state index in [1.807, 2.05) is 13.0 Å². The molecule has 0 bridgehead atoms. The number of nitro groups is 1. The Kier molecular flexibility index (Phi) is 4.94. The Morgan fingerprint density at radius 2 is 2.32 bits per heavy atom. The summed E-state index contributed by atoms with van der Waals surface area (Å²) in [6.07, 6.45) is 1.06. The first-order chi connectivity index (χ1) is 8.99. The molecule has 0 aliphatic rings. The van der Waals surface area contributed by atoms with E-state index in [4.69, 9.17) is 5.26 Å². The maximum Gasteiger partial charge on any atom is 0.306 e. The van der Waals surface area contributed by atoms with Gasteiger partial charge in [-0.2, -0.15) is 9.65 Å². The predicted octanol–water partition coefficient (Wildman–Crippen LogP) is 2.61. The van der Waals surface area contributed by atoms with Gasteiger partial charge in [0.05, 0.1) is 11.0 Å². The van der Waals surface area contributed by atoms with Gasteiger partial charge in [-0.15, -0.1) is 0 Å². The van der Waals surface area contributed by atoms with Crippen molar-refractivity contribution in [1.82, 2.24) is 0 Å². The third kappa shape index (κ3) is 3.74. The second-order valence-electron chi connectivity index (χ2n) is 3.88. The Labute approximate surface area is 109 Å². The minimum absolute atomic E-state index is 0.0921. The first-order valence-corrected chi connectivity index (χ1v) is 5.64. The lowest BCUT2D eigenvalue weighted by Gasteiger charge is -2.09. The number of nitrogens with one attached hydrogen (secondary N) is 1. The maximum absolute atomic E-state index is 13.1. The zero-order valence-corrected chi connectivity index (χ0v) is 10.2. The molecule has 0 radical (unpaired) electrons. The molecular formula is C12H12FN3O3. The summed E-state index contributed by atoms with van der Waals surface area (Å²) in [6, 6.07) is 4.88. The van der Waals surface area contributed by atoms with Crippen LogP contribution >= 0.6 is 0 Å². The number of benzene rings is 1. The first-order valence-electron chi connectivity index (χ1n) is 5.64. The number of nitro benzene ring substituents is 1. The molecule has 6 nitrogen and oxygen atoms in total. The molecule has 1 aromatic carbocycles. The van der Waals surface area contributed by atoms with Crippen molar-refractivity contribution in [3.63, 3.8) is 0 Å². The number of amides is 1. The zero-order valence-electron chi connectivity index (χ0n) is 10.2. The third-order valence-electron chi connectivity index (χ3n) is 2.46. The molecule has 1 atom stereocenters. The Morgan fingerprint density at radius 1 is 1.63 bits per heavy atom. The summed E-state index contributed by atoms with van der Waals surface area (Å²) in [5, 5.41) is 21.7. The molecule has 0 saturated carbocycles. The van der Waals surface area contributed by atoms with E-state index in [0.717, 1.165) is 12.1 Å². The standard InChI is InChI=1S/C12H12FN3O3/c1-2-3-8(7-14)12(17)15-9-4-5-10(13)11(6-9)16(18)19/h4-6,8H,2-3H2,1H3,(H,15,17). The smallest absolute Gasteiger partial charge is 0.306 e. The molecule has 0 heterocycles. The number of halogens is 1. The van der Waals surface area contributed by atoms with Crippen LogP contribution in [-0.4, -0.2) is 10.8 Å². The Bertz CT molecular complexity index is 540. The van der Waals surface area contributed by atoms with E-state index in [1.54, 1.807) is 0 Å². The quantitative estimate of drug-likeness (QED) is 0.653. The van der Waals surface area contributed by atoms with Crippen LogP contribution in [0.25, 0.3) is 0 Å². The fraction of sp³-hybridized carbons (Fsp3) is 0.333. The second-order valence-corrected chi connectivity index (χ2v) is 3.88. The molecule has 0 fully saturated rings. The minimum Gasteiger partial charge on any atom is -0.325 e. The van der Waals surface area contributed by atoms with Crippen LogP contribution in [0, 0.1) is 33.2 Å². The van der Waals surface area contributed by atoms with Gasteiger partial charge in [-0.1, -0.05) is 13.3 Å². The average molecular weight is 265 g/mol. The van der Waals surface area contributed by atoms with Crippen LogP contribution in [0.3, 0.4) is 0 Å². The zero-order chi connectivity index (χ0) is 14.4. The van der Waals surface area contributed by atoms with E-state index >= 15 is 0 Å². The molecule has 1 amide bonds. The van der Waals surface area contributed by atoms with Gasteiger partial charge in [0.2, 0.25) is 11.7 Å². The summed E-state index contributed by atoms with van der Waals surface area (Å²) in [4.78, 5) is 21.4. The van der Waals surface area contributed by atoms with E-state index in [-0.39, 0.29) is 5.69 Å². The Hall–Kier alpha value is -2.49. The van der Waals surface area contributed by atoms with Crippen molar-refractivity contribution < 1.29 is 14.1 Å². The molecule has 0 aliphatic carbocycles. The van der Waals surface area contributed by atoms with E-state index in [2.05, 4.69) is 5.32 Å². The SMILES string of the molecule is CCCC(C#N)C(=O)Nc1ccc(F)c([N+](=O)[O-])c1. The average Bonchev–Trinajstić information content (AvgIpc) is 2.37. The number of carbonyl (C=O) groups is 1. The topological polar surface area (TPSA) is 96.0 Å². The number of hydrogen-bond acceptors (Lipinski definition) is 4. The van der Waals surface area contributed by atoms with Gasteiger partial charge in [0.25, 0.3) is 0 Å². The molecule has 19 heavy (non-hydrogen) atoms. The van der Waals surface area contributed by atoms with Gasteiger partial charge in [0, 0.05) is 11.8 Å². The molecule has 1 N–H and O–H groups in total. The van der Waals surface area contributed by atoms with Crippen molar-refractivity contribution in [3.8, 4) is 6.07 Å². The highest BCUT2D eigenvalue weighted by Gasteiger charge is 2.19. The number of nitriles is 1. The summed E-state index contributed by atoms with van der Waals surface area (Å²) in [7, 11) is 0. The number of carbonyl (C=O) groups excluding carboxylic acids is 1. The third-order valence-corrected chi connectivity index (χ3v) is 2.46. The van der Waals surface area contributed by atoms with Gasteiger partial charge in [-0.05, 0) is 18.6 Å². The number of hydrogen-bond donors (Lipinski definition) is 1. The fourth-order valence-corrected chi connectivity index (χ4v) is 1.50. The van der Waals surface area contributed by atoms with E-state index in [1.165, 1.54) is 6.07 Å².